The van der Waals surface area contributed by atoms with E-state index in [2.05, 4.69) is 20.9 Å². The molecule has 198 valence electrons. The van der Waals surface area contributed by atoms with E-state index in [-0.39, 0.29) is 12.5 Å². The fourth-order valence-corrected chi connectivity index (χ4v) is 5.33. The monoisotopic (exact) mass is 542 g/mol. The van der Waals surface area contributed by atoms with E-state index in [0.717, 1.165) is 5.56 Å². The van der Waals surface area contributed by atoms with Crippen LogP contribution >= 0.6 is 0 Å². The Kier molecular flexibility index (Phi) is 9.28. The Balaban J connectivity index is 1.42. The molecule has 4 N–H and O–H groups in total. The molecule has 3 amide bonds. The molecule has 39 heavy (non-hydrogen) atoms. The van der Waals surface area contributed by atoms with E-state index in [1.54, 1.807) is 66.9 Å². The van der Waals surface area contributed by atoms with Crippen LogP contribution in [0.1, 0.15) is 33.2 Å². The van der Waals surface area contributed by atoms with Crippen LogP contribution in [0.25, 0.3) is 0 Å². The smallest absolute Gasteiger partial charge is 0.319 e. The van der Waals surface area contributed by atoms with Crippen molar-refractivity contribution in [3.63, 3.8) is 0 Å². The third-order valence-electron chi connectivity index (χ3n) is 5.73. The van der Waals surface area contributed by atoms with Gasteiger partial charge in [-0.05, 0) is 59.2 Å². The number of amides is 3. The van der Waals surface area contributed by atoms with Gasteiger partial charge in [0, 0.05) is 35.8 Å². The lowest BCUT2D eigenvalue weighted by molar-refractivity contribution is -0.137. The number of benzene rings is 3. The first-order valence-electron chi connectivity index (χ1n) is 12.0. The van der Waals surface area contributed by atoms with E-state index in [4.69, 9.17) is 0 Å². The van der Waals surface area contributed by atoms with Crippen molar-refractivity contribution in [1.82, 2.24) is 10.3 Å². The lowest BCUT2D eigenvalue weighted by atomic mass is 10.1. The first-order chi connectivity index (χ1) is 18.9. The van der Waals surface area contributed by atoms with Crippen LogP contribution in [0.3, 0.4) is 0 Å². The van der Waals surface area contributed by atoms with Gasteiger partial charge in [0.15, 0.2) is 10.1 Å². The highest BCUT2D eigenvalue weighted by atomic mass is 32.2. The number of aliphatic carboxylic acids is 1. The number of para-hydroxylation sites is 1. The highest BCUT2D eigenvalue weighted by Crippen LogP contribution is 2.35. The predicted molar refractivity (Wildman–Crippen MR) is 149 cm³/mol. The third-order valence-corrected chi connectivity index (χ3v) is 7.47. The zero-order valence-electron chi connectivity index (χ0n) is 20.7. The normalized spacial score (nSPS) is 12.1. The summed E-state index contributed by atoms with van der Waals surface area (Å²) in [6.45, 7) is 0.377. The van der Waals surface area contributed by atoms with E-state index in [1.807, 2.05) is 30.3 Å². The number of aromatic nitrogens is 1. The number of hydrogen-bond donors (Lipinski definition) is 4. The van der Waals surface area contributed by atoms with E-state index in [9.17, 15) is 24.0 Å². The Morgan fingerprint density at radius 3 is 2.28 bits per heavy atom. The van der Waals surface area contributed by atoms with Crippen molar-refractivity contribution in [1.29, 1.82) is 0 Å². The van der Waals surface area contributed by atoms with Gasteiger partial charge in [0.2, 0.25) is 0 Å². The molecule has 1 heterocycles. The van der Waals surface area contributed by atoms with Crippen LogP contribution in [0.15, 0.2) is 108 Å². The summed E-state index contributed by atoms with van der Waals surface area (Å²) in [5.41, 5.74) is 2.63. The number of carbonyl (C=O) groups excluding carboxylic acids is 2. The molecule has 0 fully saturated rings. The van der Waals surface area contributed by atoms with Crippen LogP contribution in [0, 0.1) is 0 Å². The largest absolute Gasteiger partial charge is 0.611 e. The van der Waals surface area contributed by atoms with Gasteiger partial charge in [-0.15, -0.1) is 0 Å². The summed E-state index contributed by atoms with van der Waals surface area (Å²) in [5, 5.41) is 16.8. The first-order valence-corrected chi connectivity index (χ1v) is 13.2. The standard InChI is InChI=1S/C29H26N4O5S/c34-27(35)17-26(22-9-6-16-30-19-22)39(38)25-11-5-4-10-24(25)33-28(36)21-12-14-23(15-13-21)32-29(37)31-18-20-7-2-1-3-8-20/h1-16,19,26H,17-18H2,(H,33,36)(H,34,35)(H2,31,32,37). The quantitative estimate of drug-likeness (QED) is 0.208. The average Bonchev–Trinajstić information content (AvgIpc) is 2.96. The van der Waals surface area contributed by atoms with Crippen LogP contribution in [-0.4, -0.2) is 32.6 Å². The molecule has 4 aromatic rings. The molecule has 0 aliphatic heterocycles. The molecular formula is C29H26N4O5S. The van der Waals surface area contributed by atoms with E-state index >= 15 is 0 Å². The van der Waals surface area contributed by atoms with Gasteiger partial charge in [-0.1, -0.05) is 48.5 Å². The third kappa shape index (κ3) is 7.67. The summed E-state index contributed by atoms with van der Waals surface area (Å²) in [5.74, 6) is -1.54. The lowest BCUT2D eigenvalue weighted by Crippen LogP contribution is -2.28. The fourth-order valence-electron chi connectivity index (χ4n) is 3.79. The number of rotatable bonds is 10. The van der Waals surface area contributed by atoms with Gasteiger partial charge < -0.3 is 25.6 Å². The zero-order valence-corrected chi connectivity index (χ0v) is 21.6. The molecule has 0 spiro atoms. The molecule has 9 nitrogen and oxygen atoms in total. The number of carbonyl (C=O) groups is 3. The molecule has 3 aromatic carbocycles. The van der Waals surface area contributed by atoms with Crippen molar-refractivity contribution >= 4 is 40.5 Å². The second kappa shape index (κ2) is 13.2. The van der Waals surface area contributed by atoms with Crippen LogP contribution in [-0.2, 0) is 22.5 Å². The number of pyridine rings is 1. The molecule has 0 radical (unpaired) electrons. The maximum absolute atomic E-state index is 13.5. The molecule has 0 saturated carbocycles. The Morgan fingerprint density at radius 1 is 0.872 bits per heavy atom. The van der Waals surface area contributed by atoms with Gasteiger partial charge in [-0.2, -0.15) is 0 Å². The molecule has 1 aromatic heterocycles. The van der Waals surface area contributed by atoms with Crippen molar-refractivity contribution in [2.45, 2.75) is 23.1 Å². The number of anilines is 2. The van der Waals surface area contributed by atoms with Crippen LogP contribution in [0.5, 0.6) is 0 Å². The lowest BCUT2D eigenvalue weighted by Gasteiger charge is -2.22. The Labute approximate surface area is 228 Å². The highest BCUT2D eigenvalue weighted by molar-refractivity contribution is 7.91. The van der Waals surface area contributed by atoms with E-state index in [1.165, 1.54) is 6.20 Å². The van der Waals surface area contributed by atoms with Gasteiger partial charge in [0.1, 0.15) is 0 Å². The number of hydrogen-bond acceptors (Lipinski definition) is 5. The second-order valence-electron chi connectivity index (χ2n) is 8.49. The Bertz CT molecular complexity index is 1420. The van der Waals surface area contributed by atoms with Gasteiger partial charge in [-0.25, -0.2) is 4.79 Å². The maximum Gasteiger partial charge on any atom is 0.319 e. The summed E-state index contributed by atoms with van der Waals surface area (Å²) in [7, 11) is 0. The van der Waals surface area contributed by atoms with Crippen LogP contribution in [0.4, 0.5) is 16.2 Å². The number of carboxylic acids is 1. The SMILES string of the molecule is O=C(O)CC(c1cccnc1)[S+]([O-])c1ccccc1NC(=O)c1ccc(NC(=O)NCc2ccccc2)cc1. The molecule has 2 unspecified atom stereocenters. The molecule has 0 saturated heterocycles. The molecular weight excluding hydrogens is 516 g/mol. The fraction of sp³-hybridized carbons (Fsp3) is 0.103. The first kappa shape index (κ1) is 27.4. The molecule has 4 rings (SSSR count). The van der Waals surface area contributed by atoms with Crippen LogP contribution in [0.2, 0.25) is 0 Å². The maximum atomic E-state index is 13.5. The van der Waals surface area contributed by atoms with Gasteiger partial charge in [0.05, 0.1) is 12.1 Å². The molecule has 0 bridgehead atoms. The van der Waals surface area contributed by atoms with Gasteiger partial charge >= 0.3 is 12.0 Å². The van der Waals surface area contributed by atoms with Gasteiger partial charge in [-0.3, -0.25) is 14.6 Å². The minimum Gasteiger partial charge on any atom is -0.611 e. The number of nitrogens with one attached hydrogen (secondary N) is 3. The molecule has 0 aliphatic rings. The van der Waals surface area contributed by atoms with Crippen LogP contribution < -0.4 is 16.0 Å². The molecule has 10 heteroatoms. The summed E-state index contributed by atoms with van der Waals surface area (Å²) < 4.78 is 13.5. The number of urea groups is 1. The van der Waals surface area contributed by atoms with Crippen molar-refractivity contribution in [2.24, 2.45) is 0 Å². The van der Waals surface area contributed by atoms with E-state index in [0.29, 0.717) is 33.9 Å². The summed E-state index contributed by atoms with van der Waals surface area (Å²) in [6, 6.07) is 25.4. The topological polar surface area (TPSA) is 143 Å². The van der Waals surface area contributed by atoms with Gasteiger partial charge in [0.25, 0.3) is 5.91 Å². The van der Waals surface area contributed by atoms with Crippen molar-refractivity contribution in [2.75, 3.05) is 10.6 Å². The molecule has 0 aliphatic carbocycles. The number of carboxylic acid groups (broad SMARTS) is 1. The van der Waals surface area contributed by atoms with Crippen molar-refractivity contribution in [3.05, 3.63) is 120 Å². The molecule has 2 atom stereocenters. The summed E-state index contributed by atoms with van der Waals surface area (Å²) in [6.07, 6.45) is 2.68. The summed E-state index contributed by atoms with van der Waals surface area (Å²) in [4.78, 5) is 41.0. The van der Waals surface area contributed by atoms with Crippen molar-refractivity contribution < 1.29 is 24.0 Å². The minimum atomic E-state index is -1.79. The average molecular weight is 543 g/mol. The van der Waals surface area contributed by atoms with E-state index < -0.39 is 28.3 Å². The second-order valence-corrected chi connectivity index (χ2v) is 10.1. The Hall–Kier alpha value is -4.67. The zero-order chi connectivity index (χ0) is 27.6. The highest BCUT2D eigenvalue weighted by Gasteiger charge is 2.31. The Morgan fingerprint density at radius 2 is 1.59 bits per heavy atom. The summed E-state index contributed by atoms with van der Waals surface area (Å²) >= 11 is -1.79. The van der Waals surface area contributed by atoms with Crippen molar-refractivity contribution in [3.8, 4) is 0 Å². The predicted octanol–water partition coefficient (Wildman–Crippen LogP) is 4.98. The minimum absolute atomic E-state index is 0.300. The number of nitrogens with zero attached hydrogens (tertiary/aromatic N) is 1.